The summed E-state index contributed by atoms with van der Waals surface area (Å²) < 4.78 is 5.54. The lowest BCUT2D eigenvalue weighted by atomic mass is 9.98. The minimum atomic E-state index is -1.20. The number of carboxylic acid groups (broad SMARTS) is 1. The van der Waals surface area contributed by atoms with E-state index in [4.69, 9.17) is 14.9 Å². The van der Waals surface area contributed by atoms with Crippen LogP contribution in [0.2, 0.25) is 0 Å². The van der Waals surface area contributed by atoms with Crippen LogP contribution in [0, 0.1) is 5.92 Å². The van der Waals surface area contributed by atoms with Crippen molar-refractivity contribution in [1.29, 1.82) is 0 Å². The standard InChI is InChI=1S/C25H26N2O6/c28-12-11-22(24(30)31)27-23(29)15-9-10-16(13-15)26-25(32)33-14-21-19-7-3-1-5-17(19)18-6-2-4-8-20(18)21/h1-10,15-16,21-22,28H,11-14H2,(H,26,32)(H,27,29)(H,30,31)/t15?,16?,22-/m1/s1. The van der Waals surface area contributed by atoms with Gasteiger partial charge in [-0.25, -0.2) is 9.59 Å². The lowest BCUT2D eigenvalue weighted by Gasteiger charge is -2.18. The number of carbonyl (C=O) groups is 3. The van der Waals surface area contributed by atoms with Crippen LogP contribution in [0.1, 0.15) is 29.9 Å². The average molecular weight is 450 g/mol. The van der Waals surface area contributed by atoms with Gasteiger partial charge in [-0.05, 0) is 28.7 Å². The van der Waals surface area contributed by atoms with E-state index in [1.165, 1.54) is 0 Å². The number of aliphatic hydroxyl groups is 1. The lowest BCUT2D eigenvalue weighted by molar-refractivity contribution is -0.142. The fraction of sp³-hybridized carbons (Fsp3) is 0.320. The maximum absolute atomic E-state index is 12.4. The first-order valence-electron chi connectivity index (χ1n) is 10.9. The monoisotopic (exact) mass is 450 g/mol. The molecule has 2 aromatic rings. The van der Waals surface area contributed by atoms with Crippen LogP contribution >= 0.6 is 0 Å². The number of alkyl carbamates (subject to hydrolysis) is 1. The largest absolute Gasteiger partial charge is 0.480 e. The molecule has 172 valence electrons. The summed E-state index contributed by atoms with van der Waals surface area (Å²) in [4.78, 5) is 36.0. The number of nitrogens with one attached hydrogen (secondary N) is 2. The highest BCUT2D eigenvalue weighted by atomic mass is 16.5. The van der Waals surface area contributed by atoms with Gasteiger partial charge in [-0.1, -0.05) is 60.7 Å². The van der Waals surface area contributed by atoms with Gasteiger partial charge in [0.2, 0.25) is 5.91 Å². The van der Waals surface area contributed by atoms with Crippen LogP contribution in [0.25, 0.3) is 11.1 Å². The number of aliphatic hydroxyl groups excluding tert-OH is 1. The number of ether oxygens (including phenoxy) is 1. The Balaban J connectivity index is 1.30. The number of hydrogen-bond donors (Lipinski definition) is 4. The summed E-state index contributed by atoms with van der Waals surface area (Å²) in [5.41, 5.74) is 4.55. The van der Waals surface area contributed by atoms with E-state index >= 15 is 0 Å². The molecule has 2 amide bonds. The minimum absolute atomic E-state index is 0.0414. The second-order valence-electron chi connectivity index (χ2n) is 8.22. The molecule has 4 N–H and O–H groups in total. The Morgan fingerprint density at radius 2 is 1.64 bits per heavy atom. The Bertz CT molecular complexity index is 1040. The van der Waals surface area contributed by atoms with E-state index in [9.17, 15) is 14.4 Å². The quantitative estimate of drug-likeness (QED) is 0.458. The maximum atomic E-state index is 12.4. The van der Waals surface area contributed by atoms with Crippen molar-refractivity contribution in [3.05, 3.63) is 71.8 Å². The van der Waals surface area contributed by atoms with Crippen molar-refractivity contribution in [2.45, 2.75) is 30.8 Å². The first-order chi connectivity index (χ1) is 16.0. The van der Waals surface area contributed by atoms with Gasteiger partial charge in [0.25, 0.3) is 0 Å². The number of benzene rings is 2. The van der Waals surface area contributed by atoms with Gasteiger partial charge in [-0.2, -0.15) is 0 Å². The van der Waals surface area contributed by atoms with Crippen LogP contribution in [0.5, 0.6) is 0 Å². The fourth-order valence-electron chi connectivity index (χ4n) is 4.46. The van der Waals surface area contributed by atoms with Gasteiger partial charge in [-0.15, -0.1) is 0 Å². The van der Waals surface area contributed by atoms with Crippen molar-refractivity contribution in [3.63, 3.8) is 0 Å². The molecule has 0 aliphatic heterocycles. The molecule has 0 radical (unpaired) electrons. The summed E-state index contributed by atoms with van der Waals surface area (Å²) in [5, 5.41) is 23.2. The summed E-state index contributed by atoms with van der Waals surface area (Å²) in [6, 6.07) is 14.6. The molecule has 8 nitrogen and oxygen atoms in total. The third-order valence-corrected chi connectivity index (χ3v) is 6.10. The summed E-state index contributed by atoms with van der Waals surface area (Å²) in [6.45, 7) is -0.147. The second kappa shape index (κ2) is 9.87. The van der Waals surface area contributed by atoms with E-state index in [0.717, 1.165) is 22.3 Å². The highest BCUT2D eigenvalue weighted by Crippen LogP contribution is 2.44. The van der Waals surface area contributed by atoms with Crippen LogP contribution in [0.3, 0.4) is 0 Å². The van der Waals surface area contributed by atoms with Crippen LogP contribution in [-0.2, 0) is 14.3 Å². The molecular weight excluding hydrogens is 424 g/mol. The third-order valence-electron chi connectivity index (χ3n) is 6.10. The van der Waals surface area contributed by atoms with Crippen molar-refractivity contribution in [2.75, 3.05) is 13.2 Å². The third kappa shape index (κ3) is 4.90. The van der Waals surface area contributed by atoms with Crippen molar-refractivity contribution in [3.8, 4) is 11.1 Å². The highest BCUT2D eigenvalue weighted by molar-refractivity contribution is 5.86. The molecule has 0 saturated heterocycles. The Morgan fingerprint density at radius 3 is 2.24 bits per heavy atom. The Kier molecular flexibility index (Phi) is 6.74. The smallest absolute Gasteiger partial charge is 0.407 e. The first kappa shape index (κ1) is 22.5. The molecule has 0 heterocycles. The molecule has 4 rings (SSSR count). The molecule has 33 heavy (non-hydrogen) atoms. The fourth-order valence-corrected chi connectivity index (χ4v) is 4.46. The van der Waals surface area contributed by atoms with Gasteiger partial charge in [0, 0.05) is 18.9 Å². The summed E-state index contributed by atoms with van der Waals surface area (Å²) in [5.74, 6) is -2.26. The maximum Gasteiger partial charge on any atom is 0.407 e. The van der Waals surface area contributed by atoms with E-state index in [1.54, 1.807) is 12.2 Å². The van der Waals surface area contributed by atoms with Crippen LogP contribution in [0.15, 0.2) is 60.7 Å². The molecule has 2 aromatic carbocycles. The highest BCUT2D eigenvalue weighted by Gasteiger charge is 2.31. The summed E-state index contributed by atoms with van der Waals surface area (Å²) in [7, 11) is 0. The number of fused-ring (bicyclic) bond motifs is 3. The van der Waals surface area contributed by atoms with Gasteiger partial charge in [-0.3, -0.25) is 4.79 Å². The number of aliphatic carboxylic acids is 1. The number of carboxylic acids is 1. The summed E-state index contributed by atoms with van der Waals surface area (Å²) in [6.07, 6.45) is 3.01. The normalized spacial score (nSPS) is 19.4. The van der Waals surface area contributed by atoms with Gasteiger partial charge < -0.3 is 25.6 Å². The number of carbonyl (C=O) groups excluding carboxylic acids is 2. The zero-order valence-electron chi connectivity index (χ0n) is 17.9. The number of hydrogen-bond acceptors (Lipinski definition) is 5. The van der Waals surface area contributed by atoms with E-state index < -0.39 is 36.0 Å². The van der Waals surface area contributed by atoms with Crippen LogP contribution in [0.4, 0.5) is 4.79 Å². The van der Waals surface area contributed by atoms with Crippen LogP contribution in [-0.4, -0.2) is 53.5 Å². The number of rotatable bonds is 8. The van der Waals surface area contributed by atoms with Crippen molar-refractivity contribution >= 4 is 18.0 Å². The molecule has 0 fully saturated rings. The molecule has 2 unspecified atom stereocenters. The van der Waals surface area contributed by atoms with Gasteiger partial charge in [0.05, 0.1) is 12.0 Å². The molecule has 0 aromatic heterocycles. The van der Waals surface area contributed by atoms with E-state index in [2.05, 4.69) is 22.8 Å². The van der Waals surface area contributed by atoms with Crippen molar-refractivity contribution in [2.24, 2.45) is 5.92 Å². The topological polar surface area (TPSA) is 125 Å². The Labute approximate surface area is 191 Å². The van der Waals surface area contributed by atoms with E-state index in [-0.39, 0.29) is 25.6 Å². The van der Waals surface area contributed by atoms with Crippen molar-refractivity contribution < 1.29 is 29.3 Å². The predicted molar refractivity (Wildman–Crippen MR) is 121 cm³/mol. The Morgan fingerprint density at radius 1 is 1.00 bits per heavy atom. The average Bonchev–Trinajstić information content (AvgIpc) is 3.40. The number of amides is 2. The molecule has 2 aliphatic rings. The van der Waals surface area contributed by atoms with Crippen molar-refractivity contribution in [1.82, 2.24) is 10.6 Å². The predicted octanol–water partition coefficient (Wildman–Crippen LogP) is 2.42. The zero-order valence-corrected chi connectivity index (χ0v) is 17.9. The molecule has 0 bridgehead atoms. The van der Waals surface area contributed by atoms with E-state index in [1.807, 2.05) is 36.4 Å². The van der Waals surface area contributed by atoms with Gasteiger partial charge in [0.15, 0.2) is 0 Å². The van der Waals surface area contributed by atoms with Crippen LogP contribution < -0.4 is 10.6 Å². The molecule has 2 aliphatic carbocycles. The molecule has 0 spiro atoms. The zero-order chi connectivity index (χ0) is 23.4. The SMILES string of the molecule is O=C(NC1C=CC(C(=O)N[C@H](CCO)C(=O)O)C1)OCC1c2ccccc2-c2ccccc21. The van der Waals surface area contributed by atoms with Gasteiger partial charge >= 0.3 is 12.1 Å². The second-order valence-corrected chi connectivity index (χ2v) is 8.22. The minimum Gasteiger partial charge on any atom is -0.480 e. The first-order valence-corrected chi connectivity index (χ1v) is 10.9. The van der Waals surface area contributed by atoms with E-state index in [0.29, 0.717) is 6.42 Å². The molecule has 8 heteroatoms. The molecule has 0 saturated carbocycles. The lowest BCUT2D eigenvalue weighted by Crippen LogP contribution is -2.44. The molecule has 3 atom stereocenters. The summed E-state index contributed by atoms with van der Waals surface area (Å²) >= 11 is 0. The molecular formula is C25H26N2O6. The van der Waals surface area contributed by atoms with Gasteiger partial charge in [0.1, 0.15) is 12.6 Å². The Hall–Kier alpha value is -3.65.